The lowest BCUT2D eigenvalue weighted by Crippen LogP contribution is -2.48. The quantitative estimate of drug-likeness (QED) is 0.589. The van der Waals surface area contributed by atoms with Crippen LogP contribution in [0.25, 0.3) is 0 Å². The highest BCUT2D eigenvalue weighted by atomic mass is 16.5. The summed E-state index contributed by atoms with van der Waals surface area (Å²) in [5, 5.41) is 10.3. The summed E-state index contributed by atoms with van der Waals surface area (Å²) in [5.41, 5.74) is 2.80. The molecule has 1 atom stereocenters. The van der Waals surface area contributed by atoms with Gasteiger partial charge in [0.05, 0.1) is 19.3 Å². The van der Waals surface area contributed by atoms with E-state index in [0.29, 0.717) is 26.4 Å². The van der Waals surface area contributed by atoms with Crippen LogP contribution in [0.1, 0.15) is 31.9 Å². The van der Waals surface area contributed by atoms with E-state index in [1.807, 2.05) is 12.1 Å². The topological polar surface area (TPSA) is 45.2 Å². The number of aliphatic hydroxyl groups is 1. The molecule has 2 aromatic carbocycles. The predicted octanol–water partition coefficient (Wildman–Crippen LogP) is 3.56. The van der Waals surface area contributed by atoms with Gasteiger partial charge in [-0.25, -0.2) is 0 Å². The summed E-state index contributed by atoms with van der Waals surface area (Å²) >= 11 is 0. The molecule has 170 valence electrons. The lowest BCUT2D eigenvalue weighted by atomic mass is 9.87. The number of benzene rings is 2. The molecule has 1 heterocycles. The van der Waals surface area contributed by atoms with Crippen LogP contribution in [0.15, 0.2) is 54.6 Å². The van der Waals surface area contributed by atoms with Crippen molar-refractivity contribution in [2.24, 2.45) is 0 Å². The molecule has 5 heteroatoms. The van der Waals surface area contributed by atoms with E-state index < -0.39 is 6.10 Å². The van der Waals surface area contributed by atoms with Crippen molar-refractivity contribution in [1.82, 2.24) is 9.80 Å². The van der Waals surface area contributed by atoms with Crippen LogP contribution in [0.3, 0.4) is 0 Å². The van der Waals surface area contributed by atoms with Gasteiger partial charge in [0.15, 0.2) is 0 Å². The van der Waals surface area contributed by atoms with Crippen molar-refractivity contribution in [2.75, 3.05) is 52.5 Å². The zero-order chi connectivity index (χ0) is 22.1. The smallest absolute Gasteiger partial charge is 0.119 e. The summed E-state index contributed by atoms with van der Waals surface area (Å²) < 4.78 is 11.4. The second-order valence-corrected chi connectivity index (χ2v) is 9.41. The van der Waals surface area contributed by atoms with Crippen LogP contribution < -0.4 is 4.74 Å². The Hall–Kier alpha value is -1.92. The molecule has 0 amide bonds. The second-order valence-electron chi connectivity index (χ2n) is 9.41. The summed E-state index contributed by atoms with van der Waals surface area (Å²) in [5.74, 6) is 0.852. The van der Waals surface area contributed by atoms with Gasteiger partial charge in [0.2, 0.25) is 0 Å². The molecule has 0 radical (unpaired) electrons. The number of ether oxygens (including phenoxy) is 2. The van der Waals surface area contributed by atoms with Crippen molar-refractivity contribution in [1.29, 1.82) is 0 Å². The van der Waals surface area contributed by atoms with E-state index in [9.17, 15) is 5.11 Å². The highest BCUT2D eigenvalue weighted by Gasteiger charge is 2.19. The maximum absolute atomic E-state index is 10.3. The fourth-order valence-corrected chi connectivity index (χ4v) is 3.81. The van der Waals surface area contributed by atoms with Gasteiger partial charge in [0.25, 0.3) is 0 Å². The third kappa shape index (κ3) is 8.26. The monoisotopic (exact) mass is 426 g/mol. The number of hydrogen-bond donors (Lipinski definition) is 1. The molecule has 1 aliphatic heterocycles. The Balaban J connectivity index is 1.25. The average Bonchev–Trinajstić information content (AvgIpc) is 2.75. The standard InChI is InChI=1S/C26H38N2O3/c1-26(2,3)23-9-11-25(12-10-23)31-18-17-30-21-24(29)20-28-15-13-27(14-16-28)19-22-7-5-4-6-8-22/h4-12,24,29H,13-21H2,1-3H3/t24-/m0/s1. The van der Waals surface area contributed by atoms with E-state index in [1.54, 1.807) is 0 Å². The first-order chi connectivity index (χ1) is 14.9. The Morgan fingerprint density at radius 3 is 2.16 bits per heavy atom. The molecule has 1 saturated heterocycles. The molecule has 0 saturated carbocycles. The van der Waals surface area contributed by atoms with E-state index in [1.165, 1.54) is 11.1 Å². The number of rotatable bonds is 10. The fourth-order valence-electron chi connectivity index (χ4n) is 3.81. The zero-order valence-electron chi connectivity index (χ0n) is 19.3. The molecular formula is C26H38N2O3. The minimum atomic E-state index is -0.466. The minimum absolute atomic E-state index is 0.145. The lowest BCUT2D eigenvalue weighted by molar-refractivity contribution is -0.000437. The molecular weight excluding hydrogens is 388 g/mol. The normalized spacial score (nSPS) is 16.9. The van der Waals surface area contributed by atoms with Crippen molar-refractivity contribution >= 4 is 0 Å². The van der Waals surface area contributed by atoms with Crippen molar-refractivity contribution in [3.8, 4) is 5.75 Å². The number of piperazine rings is 1. The molecule has 2 aromatic rings. The Morgan fingerprint density at radius 1 is 0.871 bits per heavy atom. The summed E-state index contributed by atoms with van der Waals surface area (Å²) in [6.45, 7) is 13.6. The Kier molecular flexibility index (Phi) is 8.90. The number of aliphatic hydroxyl groups excluding tert-OH is 1. The molecule has 3 rings (SSSR count). The van der Waals surface area contributed by atoms with Crippen LogP contribution in [0.2, 0.25) is 0 Å². The van der Waals surface area contributed by atoms with Gasteiger partial charge in [0.1, 0.15) is 12.4 Å². The first-order valence-electron chi connectivity index (χ1n) is 11.4. The summed E-state index contributed by atoms with van der Waals surface area (Å²) in [4.78, 5) is 4.79. The third-order valence-electron chi connectivity index (χ3n) is 5.71. The molecule has 0 aliphatic carbocycles. The lowest BCUT2D eigenvalue weighted by Gasteiger charge is -2.35. The largest absolute Gasteiger partial charge is 0.491 e. The van der Waals surface area contributed by atoms with Crippen LogP contribution in [-0.2, 0) is 16.7 Å². The Labute approximate surface area is 187 Å². The van der Waals surface area contributed by atoms with Gasteiger partial charge in [-0.2, -0.15) is 0 Å². The van der Waals surface area contributed by atoms with E-state index in [2.05, 4.69) is 73.0 Å². The van der Waals surface area contributed by atoms with Crippen molar-refractivity contribution in [3.63, 3.8) is 0 Å². The molecule has 1 aliphatic rings. The van der Waals surface area contributed by atoms with Crippen LogP contribution in [0.5, 0.6) is 5.75 Å². The molecule has 1 fully saturated rings. The fraction of sp³-hybridized carbons (Fsp3) is 0.538. The van der Waals surface area contributed by atoms with Gasteiger partial charge < -0.3 is 14.6 Å². The molecule has 0 unspecified atom stereocenters. The maximum atomic E-state index is 10.3. The summed E-state index contributed by atoms with van der Waals surface area (Å²) in [6, 6.07) is 18.8. The van der Waals surface area contributed by atoms with Crippen LogP contribution in [0.4, 0.5) is 0 Å². The second kappa shape index (κ2) is 11.6. The van der Waals surface area contributed by atoms with E-state index in [4.69, 9.17) is 9.47 Å². The van der Waals surface area contributed by atoms with Gasteiger partial charge >= 0.3 is 0 Å². The third-order valence-corrected chi connectivity index (χ3v) is 5.71. The van der Waals surface area contributed by atoms with Crippen molar-refractivity contribution in [3.05, 3.63) is 65.7 Å². The highest BCUT2D eigenvalue weighted by molar-refractivity contribution is 5.31. The van der Waals surface area contributed by atoms with Gasteiger partial charge in [0, 0.05) is 39.3 Å². The highest BCUT2D eigenvalue weighted by Crippen LogP contribution is 2.24. The first-order valence-corrected chi connectivity index (χ1v) is 11.4. The Morgan fingerprint density at radius 2 is 1.52 bits per heavy atom. The van der Waals surface area contributed by atoms with Gasteiger partial charge in [-0.1, -0.05) is 63.2 Å². The van der Waals surface area contributed by atoms with Crippen LogP contribution in [-0.4, -0.2) is 73.6 Å². The maximum Gasteiger partial charge on any atom is 0.119 e. The molecule has 31 heavy (non-hydrogen) atoms. The number of hydrogen-bond acceptors (Lipinski definition) is 5. The SMILES string of the molecule is CC(C)(C)c1ccc(OCCOC[C@@H](O)CN2CCN(Cc3ccccc3)CC2)cc1. The zero-order valence-corrected chi connectivity index (χ0v) is 19.3. The van der Waals surface area contributed by atoms with Crippen molar-refractivity contribution < 1.29 is 14.6 Å². The van der Waals surface area contributed by atoms with E-state index in [0.717, 1.165) is 38.5 Å². The molecule has 5 nitrogen and oxygen atoms in total. The van der Waals surface area contributed by atoms with Crippen LogP contribution >= 0.6 is 0 Å². The van der Waals surface area contributed by atoms with Gasteiger partial charge in [-0.3, -0.25) is 9.80 Å². The number of β-amino-alcohol motifs (C(OH)–C–C–N with tert-alkyl or cyclic N) is 1. The minimum Gasteiger partial charge on any atom is -0.491 e. The van der Waals surface area contributed by atoms with Crippen LogP contribution in [0, 0.1) is 0 Å². The summed E-state index contributed by atoms with van der Waals surface area (Å²) in [7, 11) is 0. The van der Waals surface area contributed by atoms with Crippen molar-refractivity contribution in [2.45, 2.75) is 38.8 Å². The summed E-state index contributed by atoms with van der Waals surface area (Å²) in [6.07, 6.45) is -0.466. The first kappa shape index (κ1) is 23.7. The van der Waals surface area contributed by atoms with Gasteiger partial charge in [-0.05, 0) is 28.7 Å². The molecule has 0 spiro atoms. The molecule has 1 N–H and O–H groups in total. The Bertz CT molecular complexity index is 750. The van der Waals surface area contributed by atoms with Gasteiger partial charge in [-0.15, -0.1) is 0 Å². The molecule has 0 aromatic heterocycles. The molecule has 0 bridgehead atoms. The average molecular weight is 427 g/mol. The predicted molar refractivity (Wildman–Crippen MR) is 126 cm³/mol. The van der Waals surface area contributed by atoms with E-state index in [-0.39, 0.29) is 5.41 Å². The van der Waals surface area contributed by atoms with E-state index >= 15 is 0 Å². The number of nitrogens with zero attached hydrogens (tertiary/aromatic N) is 2.